The van der Waals surface area contributed by atoms with Gasteiger partial charge in [0.05, 0.1) is 16.3 Å². The fourth-order valence-corrected chi connectivity index (χ4v) is 5.08. The van der Waals surface area contributed by atoms with E-state index < -0.39 is 0 Å². The highest BCUT2D eigenvalue weighted by atomic mass is 32.1. The first kappa shape index (κ1) is 20.7. The number of nitrogens with zero attached hydrogens (tertiary/aromatic N) is 4. The zero-order chi connectivity index (χ0) is 22.2. The SMILES string of the molecule is C=C1OCc2c1ccc(C1CCCN(Cc3cnn(-c4cc(=S)c(C#N)c[nH]4)c3)C1)c2C. The van der Waals surface area contributed by atoms with Gasteiger partial charge in [-0.05, 0) is 43.4 Å². The summed E-state index contributed by atoms with van der Waals surface area (Å²) in [5.74, 6) is 2.07. The maximum Gasteiger partial charge on any atom is 0.132 e. The molecule has 2 aliphatic heterocycles. The standard InChI is InChI=1S/C25H25N5OS/c1-16-21(5-6-22-17(2)31-15-23(16)22)19-4-3-7-29(14-19)12-18-10-28-30(13-18)25-8-24(32)20(9-26)11-27-25/h5-6,8,10-11,13,19H,2-4,7,12,14-15H2,1H3,(H,27,32). The molecule has 1 N–H and O–H groups in total. The highest BCUT2D eigenvalue weighted by molar-refractivity contribution is 7.71. The molecule has 6 nitrogen and oxygen atoms in total. The van der Waals surface area contributed by atoms with E-state index in [1.807, 2.05) is 12.4 Å². The molecule has 4 heterocycles. The zero-order valence-corrected chi connectivity index (χ0v) is 18.9. The van der Waals surface area contributed by atoms with Crippen molar-refractivity contribution < 1.29 is 4.74 Å². The third-order valence-corrected chi connectivity index (χ3v) is 6.92. The average molecular weight is 444 g/mol. The number of pyridine rings is 1. The summed E-state index contributed by atoms with van der Waals surface area (Å²) in [7, 11) is 0. The molecular weight excluding hydrogens is 418 g/mol. The molecule has 3 aromatic rings. The van der Waals surface area contributed by atoms with Gasteiger partial charge in [-0.3, -0.25) is 4.90 Å². The third-order valence-electron chi connectivity index (χ3n) is 6.58. The summed E-state index contributed by atoms with van der Waals surface area (Å²) in [6.07, 6.45) is 7.95. The first-order valence-electron chi connectivity index (χ1n) is 10.9. The fraction of sp³-hybridized carbons (Fsp3) is 0.320. The molecule has 162 valence electrons. The van der Waals surface area contributed by atoms with Gasteiger partial charge in [-0.1, -0.05) is 30.9 Å². The molecule has 1 aromatic carbocycles. The Morgan fingerprint density at radius 3 is 3.09 bits per heavy atom. The van der Waals surface area contributed by atoms with Gasteiger partial charge in [0.25, 0.3) is 0 Å². The molecule has 1 fully saturated rings. The number of benzene rings is 1. The van der Waals surface area contributed by atoms with Crippen LogP contribution < -0.4 is 0 Å². The number of rotatable bonds is 4. The van der Waals surface area contributed by atoms with Gasteiger partial charge < -0.3 is 9.72 Å². The second-order valence-corrected chi connectivity index (χ2v) is 9.03. The van der Waals surface area contributed by atoms with Gasteiger partial charge in [0.1, 0.15) is 24.3 Å². The lowest BCUT2D eigenvalue weighted by atomic mass is 9.85. The van der Waals surface area contributed by atoms with Crippen LogP contribution in [0.1, 0.15) is 52.1 Å². The molecule has 2 aliphatic rings. The van der Waals surface area contributed by atoms with Crippen LogP contribution in [0.5, 0.6) is 0 Å². The Hall–Kier alpha value is -3.21. The Bertz CT molecular complexity index is 1300. The van der Waals surface area contributed by atoms with Crippen LogP contribution in [0, 0.1) is 22.8 Å². The lowest BCUT2D eigenvalue weighted by Gasteiger charge is -2.33. The average Bonchev–Trinajstić information content (AvgIpc) is 3.41. The highest BCUT2D eigenvalue weighted by Gasteiger charge is 2.26. The van der Waals surface area contributed by atoms with Gasteiger partial charge >= 0.3 is 0 Å². The number of ether oxygens (including phenoxy) is 1. The maximum atomic E-state index is 9.07. The number of likely N-dealkylation sites (tertiary alicyclic amines) is 1. The topological polar surface area (TPSA) is 69.9 Å². The summed E-state index contributed by atoms with van der Waals surface area (Å²) in [5.41, 5.74) is 6.88. The smallest absolute Gasteiger partial charge is 0.132 e. The Morgan fingerprint density at radius 1 is 1.41 bits per heavy atom. The van der Waals surface area contributed by atoms with Crippen LogP contribution in [0.2, 0.25) is 0 Å². The molecule has 0 aliphatic carbocycles. The predicted molar refractivity (Wildman–Crippen MR) is 126 cm³/mol. The zero-order valence-electron chi connectivity index (χ0n) is 18.1. The van der Waals surface area contributed by atoms with Crippen molar-refractivity contribution in [2.24, 2.45) is 0 Å². The normalized spacial score (nSPS) is 18.2. The molecular formula is C25H25N5OS. The number of fused-ring (bicyclic) bond motifs is 1. The molecule has 0 bridgehead atoms. The van der Waals surface area contributed by atoms with E-state index >= 15 is 0 Å². The number of nitriles is 1. The van der Waals surface area contributed by atoms with E-state index in [9.17, 15) is 0 Å². The minimum Gasteiger partial charge on any atom is -0.489 e. The summed E-state index contributed by atoms with van der Waals surface area (Å²) < 4.78 is 7.97. The van der Waals surface area contributed by atoms with Gasteiger partial charge in [0.15, 0.2) is 0 Å². The Labute approximate surface area is 192 Å². The molecule has 0 amide bonds. The second-order valence-electron chi connectivity index (χ2n) is 8.59. The molecule has 0 spiro atoms. The van der Waals surface area contributed by atoms with Gasteiger partial charge in [-0.2, -0.15) is 10.4 Å². The van der Waals surface area contributed by atoms with E-state index in [4.69, 9.17) is 22.2 Å². The molecule has 0 saturated carbocycles. The van der Waals surface area contributed by atoms with Crippen molar-refractivity contribution in [1.82, 2.24) is 19.7 Å². The number of H-pyrrole nitrogens is 1. The Balaban J connectivity index is 1.31. The summed E-state index contributed by atoms with van der Waals surface area (Å²) in [5, 5.41) is 13.6. The van der Waals surface area contributed by atoms with Crippen LogP contribution in [0.25, 0.3) is 11.6 Å². The molecule has 7 heteroatoms. The summed E-state index contributed by atoms with van der Waals surface area (Å²) in [4.78, 5) is 5.61. The Kier molecular flexibility index (Phi) is 5.41. The fourth-order valence-electron chi connectivity index (χ4n) is 4.87. The van der Waals surface area contributed by atoms with Crippen LogP contribution in [0.4, 0.5) is 0 Å². The predicted octanol–water partition coefficient (Wildman–Crippen LogP) is 4.99. The van der Waals surface area contributed by atoms with Crippen molar-refractivity contribution in [3.8, 4) is 11.9 Å². The number of piperidine rings is 1. The van der Waals surface area contributed by atoms with Crippen molar-refractivity contribution in [1.29, 1.82) is 5.26 Å². The summed E-state index contributed by atoms with van der Waals surface area (Å²) in [6, 6.07) is 8.31. The minimum absolute atomic E-state index is 0.466. The van der Waals surface area contributed by atoms with Gasteiger partial charge in [0.2, 0.25) is 0 Å². The largest absolute Gasteiger partial charge is 0.489 e. The lowest BCUT2D eigenvalue weighted by molar-refractivity contribution is 0.200. The number of nitrogens with one attached hydrogen (secondary N) is 1. The van der Waals surface area contributed by atoms with Crippen LogP contribution in [0.3, 0.4) is 0 Å². The maximum absolute atomic E-state index is 9.07. The van der Waals surface area contributed by atoms with Gasteiger partial charge in [0, 0.05) is 48.2 Å². The lowest BCUT2D eigenvalue weighted by Crippen LogP contribution is -2.34. The molecule has 32 heavy (non-hydrogen) atoms. The third kappa shape index (κ3) is 3.77. The molecule has 2 aromatic heterocycles. The monoisotopic (exact) mass is 443 g/mol. The molecule has 1 saturated heterocycles. The Morgan fingerprint density at radius 2 is 2.28 bits per heavy atom. The molecule has 1 atom stereocenters. The minimum atomic E-state index is 0.466. The van der Waals surface area contributed by atoms with Crippen LogP contribution >= 0.6 is 12.2 Å². The number of hydrogen-bond acceptors (Lipinski definition) is 5. The molecule has 1 unspecified atom stereocenters. The van der Waals surface area contributed by atoms with Crippen LogP contribution in [-0.4, -0.2) is 32.8 Å². The van der Waals surface area contributed by atoms with Crippen LogP contribution in [-0.2, 0) is 17.9 Å². The highest BCUT2D eigenvalue weighted by Crippen LogP contribution is 2.37. The number of aromatic amines is 1. The summed E-state index contributed by atoms with van der Waals surface area (Å²) in [6.45, 7) is 9.86. The van der Waals surface area contributed by atoms with E-state index in [0.717, 1.165) is 42.3 Å². The number of aromatic nitrogens is 3. The van der Waals surface area contributed by atoms with E-state index in [0.29, 0.717) is 22.6 Å². The first-order chi connectivity index (χ1) is 15.5. The molecule has 5 rings (SSSR count). The molecule has 0 radical (unpaired) electrons. The number of hydrogen-bond donors (Lipinski definition) is 1. The quantitative estimate of drug-likeness (QED) is 0.575. The van der Waals surface area contributed by atoms with Crippen molar-refractivity contribution >= 4 is 18.0 Å². The van der Waals surface area contributed by atoms with Crippen molar-refractivity contribution in [2.45, 2.75) is 38.8 Å². The van der Waals surface area contributed by atoms with Gasteiger partial charge in [-0.25, -0.2) is 4.68 Å². The van der Waals surface area contributed by atoms with Crippen molar-refractivity contribution in [3.05, 3.63) is 81.3 Å². The van der Waals surface area contributed by atoms with Gasteiger partial charge in [-0.15, -0.1) is 0 Å². The van der Waals surface area contributed by atoms with Crippen molar-refractivity contribution in [2.75, 3.05) is 13.1 Å². The van der Waals surface area contributed by atoms with Crippen molar-refractivity contribution in [3.63, 3.8) is 0 Å². The summed E-state index contributed by atoms with van der Waals surface area (Å²) >= 11 is 5.28. The second kappa shape index (κ2) is 8.38. The van der Waals surface area contributed by atoms with E-state index in [1.165, 1.54) is 29.5 Å². The van der Waals surface area contributed by atoms with E-state index in [-0.39, 0.29) is 0 Å². The van der Waals surface area contributed by atoms with E-state index in [2.05, 4.69) is 46.7 Å². The van der Waals surface area contributed by atoms with Crippen LogP contribution in [0.15, 0.2) is 43.4 Å². The first-order valence-corrected chi connectivity index (χ1v) is 11.3. The van der Waals surface area contributed by atoms with E-state index in [1.54, 1.807) is 16.9 Å².